The highest BCUT2D eigenvalue weighted by atomic mass is 16.2. The Labute approximate surface area is 188 Å². The van der Waals surface area contributed by atoms with E-state index in [-0.39, 0.29) is 30.2 Å². The van der Waals surface area contributed by atoms with E-state index in [0.717, 1.165) is 16.7 Å². The molecule has 2 atom stereocenters. The summed E-state index contributed by atoms with van der Waals surface area (Å²) in [6.45, 7) is 5.72. The second kappa shape index (κ2) is 8.79. The molecular formula is C27H26N2O3. The smallest absolute Gasteiger partial charge is 0.257 e. The standard InChI is InChI=1S/C27H26N2O3/c1-18-13-15-22(16-14-18)29-25(30)17-24(27(29)32)28(20(3)21-10-5-4-6-11-21)26(31)23-12-8-7-9-19(23)2/h4-16,20,24H,17H2,1-3H3. The van der Waals surface area contributed by atoms with Crippen molar-refractivity contribution >= 4 is 23.4 Å². The molecule has 1 fully saturated rings. The molecule has 4 rings (SSSR count). The van der Waals surface area contributed by atoms with E-state index in [9.17, 15) is 14.4 Å². The minimum absolute atomic E-state index is 0.0402. The molecule has 32 heavy (non-hydrogen) atoms. The summed E-state index contributed by atoms with van der Waals surface area (Å²) in [7, 11) is 0. The maximum Gasteiger partial charge on any atom is 0.257 e. The van der Waals surface area contributed by atoms with Gasteiger partial charge in [-0.2, -0.15) is 0 Å². The van der Waals surface area contributed by atoms with Crippen LogP contribution >= 0.6 is 0 Å². The van der Waals surface area contributed by atoms with Crippen molar-refractivity contribution in [2.75, 3.05) is 4.90 Å². The summed E-state index contributed by atoms with van der Waals surface area (Å²) < 4.78 is 0. The fraction of sp³-hybridized carbons (Fsp3) is 0.222. The number of rotatable bonds is 5. The second-order valence-corrected chi connectivity index (χ2v) is 8.24. The average Bonchev–Trinajstić information content (AvgIpc) is 3.09. The molecular weight excluding hydrogens is 400 g/mol. The van der Waals surface area contributed by atoms with E-state index >= 15 is 0 Å². The van der Waals surface area contributed by atoms with Gasteiger partial charge in [0.25, 0.3) is 11.8 Å². The molecule has 5 heteroatoms. The molecule has 0 saturated carbocycles. The number of hydrogen-bond acceptors (Lipinski definition) is 3. The molecule has 3 aromatic carbocycles. The molecule has 0 radical (unpaired) electrons. The fourth-order valence-corrected chi connectivity index (χ4v) is 4.23. The third-order valence-corrected chi connectivity index (χ3v) is 6.06. The lowest BCUT2D eigenvalue weighted by atomic mass is 10.0. The van der Waals surface area contributed by atoms with Gasteiger partial charge in [0, 0.05) is 5.56 Å². The minimum atomic E-state index is -0.869. The van der Waals surface area contributed by atoms with Crippen molar-refractivity contribution < 1.29 is 14.4 Å². The highest BCUT2D eigenvalue weighted by Crippen LogP contribution is 2.33. The zero-order valence-electron chi connectivity index (χ0n) is 18.5. The number of aryl methyl sites for hydroxylation is 2. The molecule has 0 aliphatic carbocycles. The van der Waals surface area contributed by atoms with Gasteiger partial charge in [0.15, 0.2) is 0 Å². The van der Waals surface area contributed by atoms with Crippen molar-refractivity contribution in [3.63, 3.8) is 0 Å². The summed E-state index contributed by atoms with van der Waals surface area (Å²) in [5.74, 6) is -0.924. The maximum absolute atomic E-state index is 13.8. The number of hydrogen-bond donors (Lipinski definition) is 0. The Bertz CT molecular complexity index is 1160. The van der Waals surface area contributed by atoms with Crippen molar-refractivity contribution in [2.24, 2.45) is 0 Å². The van der Waals surface area contributed by atoms with E-state index < -0.39 is 6.04 Å². The van der Waals surface area contributed by atoms with Crippen molar-refractivity contribution in [3.8, 4) is 0 Å². The highest BCUT2D eigenvalue weighted by Gasteiger charge is 2.46. The Morgan fingerprint density at radius 2 is 1.53 bits per heavy atom. The van der Waals surface area contributed by atoms with Crippen molar-refractivity contribution in [3.05, 3.63) is 101 Å². The molecule has 2 unspecified atom stereocenters. The molecule has 3 aromatic rings. The van der Waals surface area contributed by atoms with Gasteiger partial charge in [0.2, 0.25) is 5.91 Å². The molecule has 1 saturated heterocycles. The molecule has 162 valence electrons. The van der Waals surface area contributed by atoms with E-state index in [0.29, 0.717) is 11.3 Å². The number of carbonyl (C=O) groups is 3. The van der Waals surface area contributed by atoms with Crippen LogP contribution in [0.5, 0.6) is 0 Å². The summed E-state index contributed by atoms with van der Waals surface area (Å²) in [6, 6.07) is 22.9. The van der Waals surface area contributed by atoms with Crippen molar-refractivity contribution in [1.82, 2.24) is 4.90 Å². The van der Waals surface area contributed by atoms with Crippen LogP contribution in [0.25, 0.3) is 0 Å². The normalized spacial score (nSPS) is 16.8. The average molecular weight is 427 g/mol. The maximum atomic E-state index is 13.8. The number of benzene rings is 3. The van der Waals surface area contributed by atoms with Crippen LogP contribution in [0.3, 0.4) is 0 Å². The zero-order chi connectivity index (χ0) is 22.8. The number of amides is 3. The van der Waals surface area contributed by atoms with E-state index in [1.54, 1.807) is 23.1 Å². The van der Waals surface area contributed by atoms with E-state index in [1.165, 1.54) is 4.90 Å². The molecule has 3 amide bonds. The van der Waals surface area contributed by atoms with Gasteiger partial charge in [-0.3, -0.25) is 14.4 Å². The van der Waals surface area contributed by atoms with Gasteiger partial charge in [-0.05, 0) is 50.1 Å². The first-order chi connectivity index (χ1) is 15.4. The first kappa shape index (κ1) is 21.5. The Kier molecular flexibility index (Phi) is 5.91. The van der Waals surface area contributed by atoms with Crippen LogP contribution in [-0.4, -0.2) is 28.7 Å². The number of nitrogens with zero attached hydrogens (tertiary/aromatic N) is 2. The van der Waals surface area contributed by atoms with E-state index in [1.807, 2.05) is 81.4 Å². The Hall–Kier alpha value is -3.73. The second-order valence-electron chi connectivity index (χ2n) is 8.24. The van der Waals surface area contributed by atoms with Gasteiger partial charge >= 0.3 is 0 Å². The van der Waals surface area contributed by atoms with Crippen LogP contribution in [0.15, 0.2) is 78.9 Å². The van der Waals surface area contributed by atoms with Gasteiger partial charge in [-0.1, -0.05) is 66.2 Å². The van der Waals surface area contributed by atoms with Gasteiger partial charge in [-0.25, -0.2) is 4.90 Å². The topological polar surface area (TPSA) is 57.7 Å². The van der Waals surface area contributed by atoms with Crippen LogP contribution in [0.1, 0.15) is 46.4 Å². The Morgan fingerprint density at radius 1 is 0.906 bits per heavy atom. The van der Waals surface area contributed by atoms with Gasteiger partial charge in [-0.15, -0.1) is 0 Å². The lowest BCUT2D eigenvalue weighted by Gasteiger charge is -2.34. The first-order valence-corrected chi connectivity index (χ1v) is 10.7. The summed E-state index contributed by atoms with van der Waals surface area (Å²) in [5.41, 5.74) is 3.84. The third-order valence-electron chi connectivity index (χ3n) is 6.06. The predicted molar refractivity (Wildman–Crippen MR) is 124 cm³/mol. The summed E-state index contributed by atoms with van der Waals surface area (Å²) in [5, 5.41) is 0. The molecule has 1 aliphatic rings. The molecule has 1 aliphatic heterocycles. The van der Waals surface area contributed by atoms with E-state index in [2.05, 4.69) is 0 Å². The molecule has 0 spiro atoms. The predicted octanol–water partition coefficient (Wildman–Crippen LogP) is 4.84. The van der Waals surface area contributed by atoms with Crippen molar-refractivity contribution in [1.29, 1.82) is 0 Å². The number of carbonyl (C=O) groups excluding carboxylic acids is 3. The lowest BCUT2D eigenvalue weighted by molar-refractivity contribution is -0.122. The molecule has 5 nitrogen and oxygen atoms in total. The molecule has 0 N–H and O–H groups in total. The van der Waals surface area contributed by atoms with Crippen molar-refractivity contribution in [2.45, 2.75) is 39.3 Å². The van der Waals surface area contributed by atoms with Gasteiger partial charge in [0.1, 0.15) is 6.04 Å². The zero-order valence-corrected chi connectivity index (χ0v) is 18.5. The van der Waals surface area contributed by atoms with Crippen LogP contribution < -0.4 is 4.90 Å². The number of anilines is 1. The Morgan fingerprint density at radius 3 is 2.19 bits per heavy atom. The van der Waals surface area contributed by atoms with Crippen LogP contribution in [0, 0.1) is 13.8 Å². The highest BCUT2D eigenvalue weighted by molar-refractivity contribution is 6.23. The van der Waals surface area contributed by atoms with Crippen LogP contribution in [0.2, 0.25) is 0 Å². The monoisotopic (exact) mass is 426 g/mol. The fourth-order valence-electron chi connectivity index (χ4n) is 4.23. The van der Waals surface area contributed by atoms with E-state index in [4.69, 9.17) is 0 Å². The lowest BCUT2D eigenvalue weighted by Crippen LogP contribution is -2.47. The largest absolute Gasteiger partial charge is 0.319 e. The summed E-state index contributed by atoms with van der Waals surface area (Å²) in [6.07, 6.45) is -0.0402. The summed E-state index contributed by atoms with van der Waals surface area (Å²) in [4.78, 5) is 43.0. The van der Waals surface area contributed by atoms with Gasteiger partial charge in [0.05, 0.1) is 18.2 Å². The first-order valence-electron chi connectivity index (χ1n) is 10.7. The summed E-state index contributed by atoms with van der Waals surface area (Å²) >= 11 is 0. The minimum Gasteiger partial charge on any atom is -0.319 e. The SMILES string of the molecule is Cc1ccc(N2C(=O)CC(N(C(=O)c3ccccc3C)C(C)c3ccccc3)C2=O)cc1. The van der Waals surface area contributed by atoms with Crippen LogP contribution in [0.4, 0.5) is 5.69 Å². The Balaban J connectivity index is 1.75. The molecule has 1 heterocycles. The molecule has 0 bridgehead atoms. The van der Waals surface area contributed by atoms with Crippen LogP contribution in [-0.2, 0) is 9.59 Å². The third kappa shape index (κ3) is 3.94. The quantitative estimate of drug-likeness (QED) is 0.549. The molecule has 0 aromatic heterocycles. The number of imide groups is 1. The van der Waals surface area contributed by atoms with Gasteiger partial charge < -0.3 is 4.90 Å².